The summed E-state index contributed by atoms with van der Waals surface area (Å²) in [5.74, 6) is -0.294. The molecule has 0 aliphatic heterocycles. The fourth-order valence-corrected chi connectivity index (χ4v) is 3.00. The van der Waals surface area contributed by atoms with Gasteiger partial charge < -0.3 is 4.90 Å². The Morgan fingerprint density at radius 2 is 1.03 bits per heavy atom. The molecule has 0 saturated carbocycles. The van der Waals surface area contributed by atoms with Crippen molar-refractivity contribution in [3.05, 3.63) is 78.6 Å². The van der Waals surface area contributed by atoms with Crippen LogP contribution >= 0.6 is 0 Å². The molecule has 3 rings (SSSR count). The van der Waals surface area contributed by atoms with E-state index in [9.17, 15) is 4.39 Å². The van der Waals surface area contributed by atoms with E-state index in [-0.39, 0.29) is 5.82 Å². The lowest BCUT2D eigenvalue weighted by molar-refractivity contribution is 0.628. The maximum absolute atomic E-state index is 12.9. The van der Waals surface area contributed by atoms with Gasteiger partial charge in [0.15, 0.2) is 0 Å². The Labute approximate surface area is 183 Å². The minimum atomic E-state index is -0.294. The summed E-state index contributed by atoms with van der Waals surface area (Å²) in [6.07, 6.45) is 5.04. The van der Waals surface area contributed by atoms with Gasteiger partial charge in [0, 0.05) is 19.3 Å². The molecule has 0 radical (unpaired) electrons. The van der Waals surface area contributed by atoms with Gasteiger partial charge in [-0.1, -0.05) is 26.2 Å². The van der Waals surface area contributed by atoms with Gasteiger partial charge in [0.05, 0.1) is 22.7 Å². The van der Waals surface area contributed by atoms with Gasteiger partial charge in [0.1, 0.15) is 5.82 Å². The number of nitrogens with zero attached hydrogens (tertiary/aromatic N) is 5. The summed E-state index contributed by atoms with van der Waals surface area (Å²) < 4.78 is 12.9. The zero-order valence-corrected chi connectivity index (χ0v) is 18.1. The van der Waals surface area contributed by atoms with Crippen LogP contribution in [-0.2, 0) is 0 Å². The van der Waals surface area contributed by atoms with E-state index in [0.29, 0.717) is 11.4 Å². The first kappa shape index (κ1) is 22.3. The van der Waals surface area contributed by atoms with E-state index in [1.807, 2.05) is 36.4 Å². The lowest BCUT2D eigenvalue weighted by Gasteiger charge is -2.19. The first-order chi connectivity index (χ1) is 15.1. The lowest BCUT2D eigenvalue weighted by Crippen LogP contribution is -2.18. The zero-order chi connectivity index (χ0) is 21.9. The molecule has 3 aromatic carbocycles. The summed E-state index contributed by atoms with van der Waals surface area (Å²) in [4.78, 5) is 2.27. The van der Waals surface area contributed by atoms with E-state index >= 15 is 0 Å². The summed E-state index contributed by atoms with van der Waals surface area (Å²) >= 11 is 0. The Balaban J connectivity index is 1.53. The van der Waals surface area contributed by atoms with Crippen LogP contribution in [0.15, 0.2) is 93.3 Å². The number of azo groups is 2. The number of hydrogen-bond donors (Lipinski definition) is 0. The molecule has 3 aromatic rings. The van der Waals surface area contributed by atoms with Crippen molar-refractivity contribution in [2.75, 3.05) is 18.5 Å². The second-order valence-electron chi connectivity index (χ2n) is 7.39. The molecule has 0 bridgehead atoms. The van der Waals surface area contributed by atoms with E-state index in [0.717, 1.165) is 17.9 Å². The molecule has 0 fully saturated rings. The first-order valence-electron chi connectivity index (χ1n) is 10.6. The molecule has 0 aliphatic carbocycles. The molecule has 0 heterocycles. The van der Waals surface area contributed by atoms with Crippen molar-refractivity contribution in [1.29, 1.82) is 0 Å². The van der Waals surface area contributed by atoms with Crippen LogP contribution in [0.1, 0.15) is 32.6 Å². The zero-order valence-electron chi connectivity index (χ0n) is 18.1. The van der Waals surface area contributed by atoms with Crippen molar-refractivity contribution in [2.45, 2.75) is 32.6 Å². The molecule has 0 aromatic heterocycles. The number of unbranched alkanes of at least 4 members (excludes halogenated alkanes) is 3. The molecular formula is C25H28FN5. The van der Waals surface area contributed by atoms with Crippen LogP contribution in [0.3, 0.4) is 0 Å². The fraction of sp³-hybridized carbons (Fsp3) is 0.280. The quantitative estimate of drug-likeness (QED) is 0.240. The molecular weight excluding hydrogens is 389 g/mol. The van der Waals surface area contributed by atoms with Crippen molar-refractivity contribution >= 4 is 28.4 Å². The maximum atomic E-state index is 12.9. The average Bonchev–Trinajstić information content (AvgIpc) is 2.81. The van der Waals surface area contributed by atoms with Crippen molar-refractivity contribution in [3.63, 3.8) is 0 Å². The second kappa shape index (κ2) is 11.7. The normalized spacial score (nSPS) is 11.5. The molecule has 160 valence electrons. The van der Waals surface area contributed by atoms with E-state index in [4.69, 9.17) is 0 Å². The van der Waals surface area contributed by atoms with Crippen LogP contribution in [-0.4, -0.2) is 13.6 Å². The fourth-order valence-electron chi connectivity index (χ4n) is 3.00. The second-order valence-corrected chi connectivity index (χ2v) is 7.39. The van der Waals surface area contributed by atoms with Gasteiger partial charge in [0.25, 0.3) is 0 Å². The van der Waals surface area contributed by atoms with Gasteiger partial charge >= 0.3 is 0 Å². The Morgan fingerprint density at radius 3 is 1.48 bits per heavy atom. The van der Waals surface area contributed by atoms with Crippen molar-refractivity contribution < 1.29 is 4.39 Å². The summed E-state index contributed by atoms with van der Waals surface area (Å²) in [5, 5.41) is 16.8. The van der Waals surface area contributed by atoms with Crippen LogP contribution in [0.4, 0.5) is 32.8 Å². The third-order valence-corrected chi connectivity index (χ3v) is 4.88. The van der Waals surface area contributed by atoms with Crippen LogP contribution in [0.2, 0.25) is 0 Å². The molecule has 0 atom stereocenters. The van der Waals surface area contributed by atoms with Crippen LogP contribution in [0.25, 0.3) is 0 Å². The van der Waals surface area contributed by atoms with Crippen molar-refractivity contribution in [3.8, 4) is 0 Å². The summed E-state index contributed by atoms with van der Waals surface area (Å²) in [5.41, 5.74) is 4.02. The standard InChI is InChI=1S/C25H28FN5/c1-3-4-5-6-19-31(2)25-17-15-24(16-18-25)30-29-23-13-11-22(12-14-23)28-27-21-9-7-20(26)8-10-21/h7-18H,3-6,19H2,1-2H3. The van der Waals surface area contributed by atoms with Gasteiger partial charge in [-0.2, -0.15) is 20.5 Å². The lowest BCUT2D eigenvalue weighted by atomic mass is 10.2. The SMILES string of the molecule is CCCCCCN(C)c1ccc(N=Nc2ccc(N=Nc3ccc(F)cc3)cc2)cc1. The number of rotatable bonds is 10. The molecule has 6 heteroatoms. The topological polar surface area (TPSA) is 52.7 Å². The van der Waals surface area contributed by atoms with Crippen LogP contribution in [0, 0.1) is 5.82 Å². The highest BCUT2D eigenvalue weighted by molar-refractivity contribution is 5.53. The van der Waals surface area contributed by atoms with Gasteiger partial charge in [-0.15, -0.1) is 0 Å². The summed E-state index contributed by atoms with van der Waals surface area (Å²) in [7, 11) is 2.12. The van der Waals surface area contributed by atoms with Gasteiger partial charge in [0.2, 0.25) is 0 Å². The van der Waals surface area contributed by atoms with Gasteiger partial charge in [-0.3, -0.25) is 0 Å². The van der Waals surface area contributed by atoms with E-state index < -0.39 is 0 Å². The number of hydrogen-bond acceptors (Lipinski definition) is 5. The largest absolute Gasteiger partial charge is 0.375 e. The first-order valence-corrected chi connectivity index (χ1v) is 10.6. The molecule has 5 nitrogen and oxygen atoms in total. The monoisotopic (exact) mass is 417 g/mol. The summed E-state index contributed by atoms with van der Waals surface area (Å²) in [6, 6.07) is 21.3. The number of anilines is 1. The number of benzene rings is 3. The minimum absolute atomic E-state index is 0.294. The predicted octanol–water partition coefficient (Wildman–Crippen LogP) is 8.67. The van der Waals surface area contributed by atoms with Crippen LogP contribution < -0.4 is 4.90 Å². The Kier molecular flexibility index (Phi) is 8.40. The third-order valence-electron chi connectivity index (χ3n) is 4.88. The molecule has 0 amide bonds. The molecule has 31 heavy (non-hydrogen) atoms. The minimum Gasteiger partial charge on any atom is -0.375 e. The maximum Gasteiger partial charge on any atom is 0.123 e. The average molecular weight is 418 g/mol. The number of halogens is 1. The van der Waals surface area contributed by atoms with E-state index in [2.05, 4.69) is 51.5 Å². The smallest absolute Gasteiger partial charge is 0.123 e. The van der Waals surface area contributed by atoms with E-state index in [1.165, 1.54) is 43.5 Å². The van der Waals surface area contributed by atoms with E-state index in [1.54, 1.807) is 12.1 Å². The molecule has 0 saturated heterocycles. The molecule has 0 unspecified atom stereocenters. The molecule has 0 spiro atoms. The van der Waals surface area contributed by atoms with Gasteiger partial charge in [-0.05, 0) is 79.2 Å². The van der Waals surface area contributed by atoms with Crippen molar-refractivity contribution in [1.82, 2.24) is 0 Å². The van der Waals surface area contributed by atoms with Crippen LogP contribution in [0.5, 0.6) is 0 Å². The highest BCUT2D eigenvalue weighted by Crippen LogP contribution is 2.25. The van der Waals surface area contributed by atoms with Crippen molar-refractivity contribution in [2.24, 2.45) is 20.5 Å². The summed E-state index contributed by atoms with van der Waals surface area (Å²) in [6.45, 7) is 3.29. The van der Waals surface area contributed by atoms with Gasteiger partial charge in [-0.25, -0.2) is 4.39 Å². The molecule has 0 aliphatic rings. The highest BCUT2D eigenvalue weighted by atomic mass is 19.1. The third kappa shape index (κ3) is 7.41. The highest BCUT2D eigenvalue weighted by Gasteiger charge is 2.01. The predicted molar refractivity (Wildman–Crippen MR) is 125 cm³/mol. The Morgan fingerprint density at radius 1 is 0.613 bits per heavy atom. The Bertz CT molecular complexity index is 980. The Hall–Kier alpha value is -3.41. The molecule has 0 N–H and O–H groups in total.